The molecule has 3 amide bonds. The zero-order valence-electron chi connectivity index (χ0n) is 18.1. The quantitative estimate of drug-likeness (QED) is 0.697. The number of nitrogens with zero attached hydrogens (tertiary/aromatic N) is 2. The maximum absolute atomic E-state index is 13.8. The van der Waals surface area contributed by atoms with Crippen molar-refractivity contribution in [1.29, 1.82) is 0 Å². The van der Waals surface area contributed by atoms with Crippen LogP contribution in [0.2, 0.25) is 0 Å². The molecule has 2 heterocycles. The van der Waals surface area contributed by atoms with E-state index < -0.39 is 12.1 Å². The fraction of sp³-hybridized carbons (Fsp3) is 0.625. The number of hydrogen-bond acceptors (Lipinski definition) is 4. The maximum Gasteiger partial charge on any atom is 0.523 e. The third-order valence-corrected chi connectivity index (χ3v) is 7.55. The van der Waals surface area contributed by atoms with E-state index >= 15 is 0 Å². The molecule has 0 aromatic heterocycles. The van der Waals surface area contributed by atoms with Crippen LogP contribution in [0.25, 0.3) is 0 Å². The summed E-state index contributed by atoms with van der Waals surface area (Å²) in [5.74, 6) is -0.149. The minimum atomic E-state index is -0.525. The van der Waals surface area contributed by atoms with E-state index in [4.69, 9.17) is 4.74 Å². The number of ether oxygens (including phenoxy) is 1. The van der Waals surface area contributed by atoms with Crippen LogP contribution < -0.4 is 0 Å². The van der Waals surface area contributed by atoms with Gasteiger partial charge >= 0.3 is 12.0 Å². The number of likely N-dealkylation sites (tertiary alicyclic amines) is 2. The third kappa shape index (κ3) is 3.45. The molecule has 1 aliphatic carbocycles. The van der Waals surface area contributed by atoms with Crippen molar-refractivity contribution in [2.45, 2.75) is 70.4 Å². The lowest BCUT2D eigenvalue weighted by molar-refractivity contribution is -0.793. The molecule has 2 saturated heterocycles. The summed E-state index contributed by atoms with van der Waals surface area (Å²) in [6.45, 7) is 3.03. The highest BCUT2D eigenvalue weighted by molar-refractivity contribution is 5.90. The highest BCUT2D eigenvalue weighted by Gasteiger charge is 2.57. The number of benzene rings is 1. The van der Waals surface area contributed by atoms with E-state index in [-0.39, 0.29) is 28.3 Å². The Morgan fingerprint density at radius 2 is 1.80 bits per heavy atom. The van der Waals surface area contributed by atoms with Gasteiger partial charge < -0.3 is 9.64 Å². The Morgan fingerprint density at radius 3 is 2.50 bits per heavy atom. The van der Waals surface area contributed by atoms with Crippen LogP contribution in [0.4, 0.5) is 4.79 Å². The average Bonchev–Trinajstić information content (AvgIpc) is 3.19. The van der Waals surface area contributed by atoms with Crippen LogP contribution in [-0.2, 0) is 27.2 Å². The van der Waals surface area contributed by atoms with Gasteiger partial charge in [-0.2, -0.15) is 9.28 Å². The summed E-state index contributed by atoms with van der Waals surface area (Å²) in [4.78, 5) is 42.0. The Bertz CT molecular complexity index is 838. The number of piperidine rings is 1. The first-order valence-electron chi connectivity index (χ1n) is 11.4. The van der Waals surface area contributed by atoms with Crippen molar-refractivity contribution in [3.8, 4) is 0 Å². The van der Waals surface area contributed by atoms with Gasteiger partial charge in [0.25, 0.3) is 0 Å². The topological polar surface area (TPSA) is 63.7 Å². The van der Waals surface area contributed by atoms with E-state index in [0.717, 1.165) is 44.9 Å². The number of hydrogen-bond donors (Lipinski definition) is 0. The standard InChI is InChI=1S/C24H33N2O4/c1-17-8-7-15-26(17,24(29)30-2)23(28)21-11-5-6-14-25(21)22(27)20-13-12-18-9-3-4-10-19(18)16-20/h3-4,9-10,17,20-21H,5-8,11-16H2,1-2H3/q+1/t17-,20?,21?,26?/m1/s1. The van der Waals surface area contributed by atoms with Crippen LogP contribution in [0.1, 0.15) is 56.6 Å². The summed E-state index contributed by atoms with van der Waals surface area (Å²) in [6.07, 6.45) is 6.07. The molecule has 4 atom stereocenters. The molecule has 1 aromatic carbocycles. The van der Waals surface area contributed by atoms with E-state index in [9.17, 15) is 14.4 Å². The maximum atomic E-state index is 13.8. The van der Waals surface area contributed by atoms with Crippen molar-refractivity contribution in [3.63, 3.8) is 0 Å². The van der Waals surface area contributed by atoms with Gasteiger partial charge in [0.05, 0.1) is 13.7 Å². The summed E-state index contributed by atoms with van der Waals surface area (Å²) in [5.41, 5.74) is 2.57. The first kappa shape index (κ1) is 21.0. The second-order valence-electron chi connectivity index (χ2n) is 9.14. The number of quaternary nitrogens is 1. The highest BCUT2D eigenvalue weighted by Crippen LogP contribution is 2.34. The Morgan fingerprint density at radius 1 is 1.03 bits per heavy atom. The molecule has 6 nitrogen and oxygen atoms in total. The van der Waals surface area contributed by atoms with Crippen molar-refractivity contribution in [2.75, 3.05) is 20.2 Å². The number of amides is 3. The van der Waals surface area contributed by atoms with Gasteiger partial charge in [-0.25, -0.2) is 4.79 Å². The van der Waals surface area contributed by atoms with Gasteiger partial charge in [0.15, 0.2) is 0 Å². The number of aryl methyl sites for hydroxylation is 1. The molecule has 0 bridgehead atoms. The molecule has 162 valence electrons. The van der Waals surface area contributed by atoms with Crippen molar-refractivity contribution in [2.24, 2.45) is 5.92 Å². The van der Waals surface area contributed by atoms with E-state index in [1.54, 1.807) is 4.90 Å². The van der Waals surface area contributed by atoms with E-state index in [2.05, 4.69) is 12.1 Å². The number of rotatable bonds is 2. The second kappa shape index (κ2) is 8.50. The van der Waals surface area contributed by atoms with Crippen LogP contribution in [0.5, 0.6) is 0 Å². The molecular formula is C24H33N2O4+. The fourth-order valence-corrected chi connectivity index (χ4v) is 5.79. The van der Waals surface area contributed by atoms with E-state index in [1.807, 2.05) is 19.1 Å². The van der Waals surface area contributed by atoms with Crippen LogP contribution in [-0.4, -0.2) is 59.6 Å². The van der Waals surface area contributed by atoms with Gasteiger partial charge in [0, 0.05) is 25.3 Å². The summed E-state index contributed by atoms with van der Waals surface area (Å²) in [6, 6.07) is 7.69. The average molecular weight is 414 g/mol. The molecule has 0 saturated carbocycles. The Kier molecular flexibility index (Phi) is 5.96. The predicted molar refractivity (Wildman–Crippen MR) is 113 cm³/mol. The van der Waals surface area contributed by atoms with E-state index in [1.165, 1.54) is 18.2 Å². The molecule has 3 unspecified atom stereocenters. The minimum Gasteiger partial charge on any atom is -0.423 e. The largest absolute Gasteiger partial charge is 0.523 e. The van der Waals surface area contributed by atoms with Gasteiger partial charge in [-0.05, 0) is 56.6 Å². The van der Waals surface area contributed by atoms with Gasteiger partial charge in [0.2, 0.25) is 5.91 Å². The zero-order valence-corrected chi connectivity index (χ0v) is 18.1. The van der Waals surface area contributed by atoms with Gasteiger partial charge in [-0.15, -0.1) is 0 Å². The van der Waals surface area contributed by atoms with Gasteiger partial charge in [-0.1, -0.05) is 24.3 Å². The number of carbonyl (C=O) groups excluding carboxylic acids is 3. The summed E-state index contributed by atoms with van der Waals surface area (Å²) >= 11 is 0. The lowest BCUT2D eigenvalue weighted by Gasteiger charge is -2.41. The molecule has 0 spiro atoms. The summed E-state index contributed by atoms with van der Waals surface area (Å²) in [5, 5.41) is 0. The molecular weight excluding hydrogens is 380 g/mol. The summed E-state index contributed by atoms with van der Waals surface area (Å²) < 4.78 is 4.81. The third-order valence-electron chi connectivity index (χ3n) is 7.55. The molecule has 2 fully saturated rings. The summed E-state index contributed by atoms with van der Waals surface area (Å²) in [7, 11) is 1.35. The number of methoxy groups -OCH3 is 1. The molecule has 0 N–H and O–H groups in total. The molecule has 4 rings (SSSR count). The lowest BCUT2D eigenvalue weighted by atomic mass is 9.82. The van der Waals surface area contributed by atoms with Crippen LogP contribution in [0.3, 0.4) is 0 Å². The van der Waals surface area contributed by atoms with Crippen molar-refractivity contribution < 1.29 is 23.6 Å². The second-order valence-corrected chi connectivity index (χ2v) is 9.14. The van der Waals surface area contributed by atoms with E-state index in [0.29, 0.717) is 19.5 Å². The zero-order chi connectivity index (χ0) is 21.3. The van der Waals surface area contributed by atoms with Crippen molar-refractivity contribution in [3.05, 3.63) is 35.4 Å². The Balaban J connectivity index is 1.58. The Labute approximate surface area is 178 Å². The number of imide groups is 1. The molecule has 0 radical (unpaired) electrons. The highest BCUT2D eigenvalue weighted by atomic mass is 16.5. The lowest BCUT2D eigenvalue weighted by Crippen LogP contribution is -2.66. The fourth-order valence-electron chi connectivity index (χ4n) is 5.79. The molecule has 3 aliphatic rings. The molecule has 1 aromatic rings. The first-order chi connectivity index (χ1) is 14.5. The SMILES string of the molecule is COC(=O)[N+]1(C(=O)C2CCCCN2C(=O)C2CCc3ccccc3C2)CCC[C@H]1C. The monoisotopic (exact) mass is 413 g/mol. The Hall–Kier alpha value is -2.21. The first-order valence-corrected chi connectivity index (χ1v) is 11.4. The number of fused-ring (bicyclic) bond motifs is 1. The minimum absolute atomic E-state index is 0.0809. The predicted octanol–water partition coefficient (Wildman–Crippen LogP) is 3.46. The van der Waals surface area contributed by atoms with Gasteiger partial charge in [0.1, 0.15) is 12.1 Å². The van der Waals surface area contributed by atoms with Crippen LogP contribution >= 0.6 is 0 Å². The molecule has 30 heavy (non-hydrogen) atoms. The van der Waals surface area contributed by atoms with Crippen LogP contribution in [0.15, 0.2) is 24.3 Å². The molecule has 6 heteroatoms. The number of carbonyl (C=O) groups is 3. The van der Waals surface area contributed by atoms with Gasteiger partial charge in [-0.3, -0.25) is 4.79 Å². The normalized spacial score (nSPS) is 31.1. The van der Waals surface area contributed by atoms with Crippen molar-refractivity contribution in [1.82, 2.24) is 4.90 Å². The van der Waals surface area contributed by atoms with Crippen molar-refractivity contribution >= 4 is 17.9 Å². The van der Waals surface area contributed by atoms with Crippen LogP contribution in [0, 0.1) is 5.92 Å². The molecule has 2 aliphatic heterocycles. The smallest absolute Gasteiger partial charge is 0.423 e.